The fourth-order valence-electron chi connectivity index (χ4n) is 0.336. The Morgan fingerprint density at radius 3 is 2.78 bits per heavy atom. The molecule has 2 nitrogen and oxygen atoms in total. The van der Waals surface area contributed by atoms with Crippen molar-refractivity contribution < 1.29 is 4.79 Å². The normalized spacial score (nSPS) is 10.8. The molecule has 2 heteroatoms. The Bertz CT molecular complexity index is 116. The van der Waals surface area contributed by atoms with Gasteiger partial charge in [-0.25, -0.2) is 0 Å². The number of aldehydes is 1. The highest BCUT2D eigenvalue weighted by Gasteiger charge is 1.64. The third-order valence-electron chi connectivity index (χ3n) is 0.721. The number of allylic oxidation sites excluding steroid dienone is 2. The van der Waals surface area contributed by atoms with Crippen LogP contribution in [0.4, 0.5) is 0 Å². The van der Waals surface area contributed by atoms with Gasteiger partial charge in [0.2, 0.25) is 0 Å². The molecule has 0 aliphatic carbocycles. The maximum absolute atomic E-state index is 9.69. The third-order valence-corrected chi connectivity index (χ3v) is 0.721. The average molecular weight is 125 g/mol. The summed E-state index contributed by atoms with van der Waals surface area (Å²) >= 11 is 0. The molecule has 50 valence electrons. The molecule has 0 fully saturated rings. The van der Waals surface area contributed by atoms with Gasteiger partial charge in [0.05, 0.1) is 0 Å². The molecule has 0 amide bonds. The molecule has 0 aliphatic rings. The van der Waals surface area contributed by atoms with E-state index in [1.165, 1.54) is 6.08 Å². The molecule has 0 saturated heterocycles. The standard InChI is InChI=1S/C7H11NO/c1-2-3-5-8-6-4-7-9/h3-8H,2H2,1H3/b5-3+,6-4+. The van der Waals surface area contributed by atoms with Crippen molar-refractivity contribution >= 4 is 6.29 Å². The molecule has 0 unspecified atom stereocenters. The minimum atomic E-state index is 0.729. The molecular weight excluding hydrogens is 114 g/mol. The second-order valence-corrected chi connectivity index (χ2v) is 1.47. The minimum Gasteiger partial charge on any atom is -0.368 e. The topological polar surface area (TPSA) is 29.1 Å². The van der Waals surface area contributed by atoms with Gasteiger partial charge in [0, 0.05) is 6.20 Å². The maximum atomic E-state index is 9.69. The molecule has 0 aliphatic heterocycles. The lowest BCUT2D eigenvalue weighted by atomic mass is 10.5. The lowest BCUT2D eigenvalue weighted by molar-refractivity contribution is -0.104. The first kappa shape index (κ1) is 7.95. The molecule has 0 bridgehead atoms. The van der Waals surface area contributed by atoms with Gasteiger partial charge in [-0.05, 0) is 18.7 Å². The van der Waals surface area contributed by atoms with Crippen molar-refractivity contribution in [3.05, 3.63) is 24.6 Å². The van der Waals surface area contributed by atoms with Crippen molar-refractivity contribution in [1.29, 1.82) is 0 Å². The number of rotatable bonds is 4. The average Bonchev–Trinajstić information content (AvgIpc) is 1.89. The summed E-state index contributed by atoms with van der Waals surface area (Å²) in [6.45, 7) is 2.04. The van der Waals surface area contributed by atoms with Gasteiger partial charge in [-0.15, -0.1) is 0 Å². The van der Waals surface area contributed by atoms with Crippen LogP contribution < -0.4 is 5.32 Å². The summed E-state index contributed by atoms with van der Waals surface area (Å²) in [6.07, 6.45) is 8.48. The Labute approximate surface area is 55.3 Å². The Hall–Kier alpha value is -1.05. The minimum absolute atomic E-state index is 0.729. The predicted octanol–water partition coefficient (Wildman–Crippen LogP) is 1.21. The van der Waals surface area contributed by atoms with Gasteiger partial charge in [0.15, 0.2) is 0 Å². The Balaban J connectivity index is 3.17. The van der Waals surface area contributed by atoms with E-state index >= 15 is 0 Å². The van der Waals surface area contributed by atoms with Gasteiger partial charge in [0.25, 0.3) is 0 Å². The fourth-order valence-corrected chi connectivity index (χ4v) is 0.336. The first-order valence-electron chi connectivity index (χ1n) is 2.93. The maximum Gasteiger partial charge on any atom is 0.144 e. The molecule has 0 spiro atoms. The van der Waals surface area contributed by atoms with Crippen LogP contribution in [0.2, 0.25) is 0 Å². The van der Waals surface area contributed by atoms with Crippen molar-refractivity contribution in [2.24, 2.45) is 0 Å². The van der Waals surface area contributed by atoms with Crippen LogP contribution in [-0.4, -0.2) is 6.29 Å². The summed E-state index contributed by atoms with van der Waals surface area (Å²) in [6, 6.07) is 0. The number of carbonyl (C=O) groups is 1. The van der Waals surface area contributed by atoms with Crippen molar-refractivity contribution in [3.8, 4) is 0 Å². The Morgan fingerprint density at radius 1 is 1.44 bits per heavy atom. The zero-order valence-electron chi connectivity index (χ0n) is 5.50. The summed E-state index contributed by atoms with van der Waals surface area (Å²) in [5.41, 5.74) is 0. The van der Waals surface area contributed by atoms with Crippen LogP contribution in [0.25, 0.3) is 0 Å². The number of nitrogens with one attached hydrogen (secondary N) is 1. The molecular formula is C7H11NO. The summed E-state index contributed by atoms with van der Waals surface area (Å²) in [5.74, 6) is 0. The van der Waals surface area contributed by atoms with E-state index < -0.39 is 0 Å². The molecule has 0 saturated carbocycles. The quantitative estimate of drug-likeness (QED) is 0.452. The van der Waals surface area contributed by atoms with Crippen LogP contribution in [0.1, 0.15) is 13.3 Å². The molecule has 0 aromatic rings. The first-order chi connectivity index (χ1) is 4.41. The highest BCUT2D eigenvalue weighted by atomic mass is 16.1. The van der Waals surface area contributed by atoms with E-state index in [0.29, 0.717) is 0 Å². The van der Waals surface area contributed by atoms with Gasteiger partial charge in [-0.3, -0.25) is 4.79 Å². The van der Waals surface area contributed by atoms with Crippen LogP contribution in [0, 0.1) is 0 Å². The zero-order valence-corrected chi connectivity index (χ0v) is 5.50. The van der Waals surface area contributed by atoms with Gasteiger partial charge in [-0.2, -0.15) is 0 Å². The second-order valence-electron chi connectivity index (χ2n) is 1.47. The van der Waals surface area contributed by atoms with E-state index in [4.69, 9.17) is 0 Å². The van der Waals surface area contributed by atoms with Crippen molar-refractivity contribution in [2.75, 3.05) is 0 Å². The van der Waals surface area contributed by atoms with E-state index in [1.54, 1.807) is 12.4 Å². The summed E-state index contributed by atoms with van der Waals surface area (Å²) < 4.78 is 0. The summed E-state index contributed by atoms with van der Waals surface area (Å²) in [5, 5.41) is 2.79. The van der Waals surface area contributed by atoms with Gasteiger partial charge < -0.3 is 5.32 Å². The molecule has 9 heavy (non-hydrogen) atoms. The Kier molecular flexibility index (Phi) is 6.14. The van der Waals surface area contributed by atoms with Crippen LogP contribution in [-0.2, 0) is 4.79 Å². The molecule has 0 atom stereocenters. The summed E-state index contributed by atoms with van der Waals surface area (Å²) in [7, 11) is 0. The fraction of sp³-hybridized carbons (Fsp3) is 0.286. The summed E-state index contributed by atoms with van der Waals surface area (Å²) in [4.78, 5) is 9.69. The molecule has 0 aromatic heterocycles. The van der Waals surface area contributed by atoms with Crippen LogP contribution in [0.5, 0.6) is 0 Å². The second kappa shape index (κ2) is 6.95. The number of carbonyl (C=O) groups excluding carboxylic acids is 1. The highest BCUT2D eigenvalue weighted by Crippen LogP contribution is 1.74. The van der Waals surface area contributed by atoms with Gasteiger partial charge in [-0.1, -0.05) is 13.0 Å². The van der Waals surface area contributed by atoms with Gasteiger partial charge >= 0.3 is 0 Å². The SMILES string of the molecule is CC/C=C/N/C=C/C=O. The van der Waals surface area contributed by atoms with Gasteiger partial charge in [0.1, 0.15) is 6.29 Å². The lowest BCUT2D eigenvalue weighted by Gasteiger charge is -1.83. The molecule has 0 heterocycles. The number of hydrogen-bond donors (Lipinski definition) is 1. The third kappa shape index (κ3) is 6.95. The van der Waals surface area contributed by atoms with Crippen molar-refractivity contribution in [1.82, 2.24) is 5.32 Å². The monoisotopic (exact) mass is 125 g/mol. The number of hydrogen-bond acceptors (Lipinski definition) is 2. The van der Waals surface area contributed by atoms with Crippen molar-refractivity contribution in [2.45, 2.75) is 13.3 Å². The predicted molar refractivity (Wildman–Crippen MR) is 37.8 cm³/mol. The van der Waals surface area contributed by atoms with Crippen LogP contribution >= 0.6 is 0 Å². The molecule has 0 radical (unpaired) electrons. The van der Waals surface area contributed by atoms with E-state index in [1.807, 2.05) is 13.0 Å². The van der Waals surface area contributed by atoms with E-state index in [9.17, 15) is 4.79 Å². The molecule has 0 aromatic carbocycles. The van der Waals surface area contributed by atoms with E-state index in [0.717, 1.165) is 12.7 Å². The highest BCUT2D eigenvalue weighted by molar-refractivity contribution is 5.64. The van der Waals surface area contributed by atoms with E-state index in [-0.39, 0.29) is 0 Å². The van der Waals surface area contributed by atoms with Crippen molar-refractivity contribution in [3.63, 3.8) is 0 Å². The first-order valence-corrected chi connectivity index (χ1v) is 2.93. The molecule has 0 rings (SSSR count). The lowest BCUT2D eigenvalue weighted by Crippen LogP contribution is -1.90. The van der Waals surface area contributed by atoms with Crippen LogP contribution in [0.15, 0.2) is 24.6 Å². The van der Waals surface area contributed by atoms with E-state index in [2.05, 4.69) is 5.32 Å². The largest absolute Gasteiger partial charge is 0.368 e. The van der Waals surface area contributed by atoms with Crippen LogP contribution in [0.3, 0.4) is 0 Å². The zero-order chi connectivity index (χ0) is 6.95. The Morgan fingerprint density at radius 2 is 2.22 bits per heavy atom. The molecule has 1 N–H and O–H groups in total. The smallest absolute Gasteiger partial charge is 0.144 e.